The van der Waals surface area contributed by atoms with Crippen LogP contribution < -0.4 is 10.1 Å². The van der Waals surface area contributed by atoms with Crippen molar-refractivity contribution < 1.29 is 9.13 Å². The Morgan fingerprint density at radius 2 is 2.29 bits per heavy atom. The summed E-state index contributed by atoms with van der Waals surface area (Å²) < 4.78 is 18.1. The minimum atomic E-state index is -0.315. The van der Waals surface area contributed by atoms with Crippen molar-refractivity contribution in [1.82, 2.24) is 5.32 Å². The first-order valence-electron chi connectivity index (χ1n) is 4.26. The molecule has 0 heterocycles. The number of ether oxygens (including phenoxy) is 1. The summed E-state index contributed by atoms with van der Waals surface area (Å²) in [6.45, 7) is 0.757. The van der Waals surface area contributed by atoms with Gasteiger partial charge in [0, 0.05) is 12.6 Å². The predicted octanol–water partition coefficient (Wildman–Crippen LogP) is 1.56. The van der Waals surface area contributed by atoms with Crippen molar-refractivity contribution in [2.45, 2.75) is 6.54 Å². The van der Waals surface area contributed by atoms with Crippen LogP contribution in [-0.4, -0.2) is 13.7 Å². The lowest BCUT2D eigenvalue weighted by atomic mass is 10.2. The quantitative estimate of drug-likeness (QED) is 0.733. The molecule has 3 heteroatoms. The maximum absolute atomic E-state index is 13.0. The molecule has 74 valence electrons. The average molecular weight is 193 g/mol. The molecular weight excluding hydrogens is 181 g/mol. The number of rotatable bonds is 4. The van der Waals surface area contributed by atoms with Gasteiger partial charge >= 0.3 is 0 Å². The molecule has 0 spiro atoms. The summed E-state index contributed by atoms with van der Waals surface area (Å²) in [6.07, 6.45) is 5.03. The van der Waals surface area contributed by atoms with E-state index in [1.54, 1.807) is 13.1 Å². The van der Waals surface area contributed by atoms with Gasteiger partial charge in [-0.1, -0.05) is 5.92 Å². The van der Waals surface area contributed by atoms with E-state index in [9.17, 15) is 4.39 Å². The first-order chi connectivity index (χ1) is 6.76. The van der Waals surface area contributed by atoms with Crippen LogP contribution in [0.1, 0.15) is 5.56 Å². The van der Waals surface area contributed by atoms with Crippen LogP contribution in [0.2, 0.25) is 0 Å². The number of halogens is 1. The Bertz CT molecular complexity index is 344. The molecule has 0 fully saturated rings. The lowest BCUT2D eigenvalue weighted by Crippen LogP contribution is -2.05. The Balaban J connectivity index is 2.79. The highest BCUT2D eigenvalue weighted by atomic mass is 19.1. The predicted molar refractivity (Wildman–Crippen MR) is 53.5 cm³/mol. The van der Waals surface area contributed by atoms with Gasteiger partial charge in [-0.3, -0.25) is 0 Å². The van der Waals surface area contributed by atoms with Gasteiger partial charge < -0.3 is 10.1 Å². The zero-order valence-electron chi connectivity index (χ0n) is 8.01. The molecule has 0 aliphatic carbocycles. The molecule has 0 radical (unpaired) electrons. The van der Waals surface area contributed by atoms with Crippen molar-refractivity contribution in [2.24, 2.45) is 0 Å². The second-order valence-electron chi connectivity index (χ2n) is 2.82. The van der Waals surface area contributed by atoms with Gasteiger partial charge in [-0.2, -0.15) is 0 Å². The Labute approximate surface area is 83.1 Å². The van der Waals surface area contributed by atoms with Gasteiger partial charge in [0.25, 0.3) is 0 Å². The molecule has 1 N–H and O–H groups in total. The van der Waals surface area contributed by atoms with E-state index < -0.39 is 0 Å². The van der Waals surface area contributed by atoms with Crippen molar-refractivity contribution in [3.8, 4) is 18.1 Å². The summed E-state index contributed by atoms with van der Waals surface area (Å²) in [5.41, 5.74) is 0.833. The largest absolute Gasteiger partial charge is 0.481 e. The van der Waals surface area contributed by atoms with Gasteiger partial charge in [0.1, 0.15) is 18.2 Å². The molecule has 0 amide bonds. The molecule has 2 nitrogen and oxygen atoms in total. The normalized spacial score (nSPS) is 9.50. The van der Waals surface area contributed by atoms with E-state index in [4.69, 9.17) is 11.2 Å². The number of benzene rings is 1. The maximum atomic E-state index is 13.0. The molecule has 0 aromatic heterocycles. The molecule has 1 aromatic rings. The number of hydrogen-bond donors (Lipinski definition) is 1. The molecular formula is C11H12FNO. The second-order valence-corrected chi connectivity index (χ2v) is 2.82. The van der Waals surface area contributed by atoms with Gasteiger partial charge in [-0.15, -0.1) is 6.42 Å². The van der Waals surface area contributed by atoms with Crippen molar-refractivity contribution in [3.05, 3.63) is 29.6 Å². The van der Waals surface area contributed by atoms with Crippen LogP contribution in [0.25, 0.3) is 0 Å². The summed E-state index contributed by atoms with van der Waals surface area (Å²) in [6, 6.07) is 4.53. The Kier molecular flexibility index (Phi) is 3.96. The first kappa shape index (κ1) is 10.6. The van der Waals surface area contributed by atoms with Crippen molar-refractivity contribution >= 4 is 0 Å². The summed E-state index contributed by atoms with van der Waals surface area (Å²) >= 11 is 0. The molecule has 1 rings (SSSR count). The lowest BCUT2D eigenvalue weighted by Gasteiger charge is -2.05. The highest BCUT2D eigenvalue weighted by Gasteiger charge is 2.00. The summed E-state index contributed by atoms with van der Waals surface area (Å²) in [5, 5.41) is 2.93. The Morgan fingerprint density at radius 1 is 1.50 bits per heavy atom. The van der Waals surface area contributed by atoms with Crippen LogP contribution in [0.15, 0.2) is 18.2 Å². The van der Waals surface area contributed by atoms with Crippen molar-refractivity contribution in [1.29, 1.82) is 0 Å². The van der Waals surface area contributed by atoms with Crippen LogP contribution in [0.3, 0.4) is 0 Å². The highest BCUT2D eigenvalue weighted by molar-refractivity contribution is 5.29. The Morgan fingerprint density at radius 3 is 2.93 bits per heavy atom. The molecule has 0 saturated carbocycles. The third kappa shape index (κ3) is 3.08. The van der Waals surface area contributed by atoms with Crippen molar-refractivity contribution in [3.63, 3.8) is 0 Å². The molecule has 0 atom stereocenters. The molecule has 0 aliphatic rings. The van der Waals surface area contributed by atoms with E-state index in [0.717, 1.165) is 5.56 Å². The van der Waals surface area contributed by atoms with E-state index in [1.165, 1.54) is 12.1 Å². The van der Waals surface area contributed by atoms with Crippen LogP contribution in [-0.2, 0) is 6.54 Å². The number of nitrogens with one attached hydrogen (secondary N) is 1. The molecule has 0 unspecified atom stereocenters. The summed E-state index contributed by atoms with van der Waals surface area (Å²) in [5.74, 6) is 2.48. The monoisotopic (exact) mass is 193 g/mol. The average Bonchev–Trinajstić information content (AvgIpc) is 2.14. The minimum absolute atomic E-state index is 0.155. The van der Waals surface area contributed by atoms with Crippen LogP contribution in [0.5, 0.6) is 5.75 Å². The number of terminal acetylenes is 1. The molecule has 14 heavy (non-hydrogen) atoms. The third-order valence-electron chi connectivity index (χ3n) is 1.63. The lowest BCUT2D eigenvalue weighted by molar-refractivity contribution is 0.367. The van der Waals surface area contributed by atoms with Gasteiger partial charge in [0.15, 0.2) is 0 Å². The fourth-order valence-electron chi connectivity index (χ4n) is 1.14. The minimum Gasteiger partial charge on any atom is -0.481 e. The standard InChI is InChI=1S/C11H12FNO/c1-3-4-14-11-6-9(8-13-2)5-10(12)7-11/h1,5-7,13H,4,8H2,2H3. The molecule has 0 saturated heterocycles. The zero-order valence-corrected chi connectivity index (χ0v) is 8.01. The third-order valence-corrected chi connectivity index (χ3v) is 1.63. The smallest absolute Gasteiger partial charge is 0.148 e. The van der Waals surface area contributed by atoms with E-state index >= 15 is 0 Å². The molecule has 0 aliphatic heterocycles. The van der Waals surface area contributed by atoms with Crippen molar-refractivity contribution in [2.75, 3.05) is 13.7 Å². The summed E-state index contributed by atoms with van der Waals surface area (Å²) in [7, 11) is 1.80. The molecule has 0 bridgehead atoms. The SMILES string of the molecule is C#CCOc1cc(F)cc(CNC)c1. The summed E-state index contributed by atoms with van der Waals surface area (Å²) in [4.78, 5) is 0. The van der Waals surface area contributed by atoms with E-state index in [0.29, 0.717) is 12.3 Å². The van der Waals surface area contributed by atoms with E-state index in [1.807, 2.05) is 0 Å². The van der Waals surface area contributed by atoms with E-state index in [2.05, 4.69) is 11.2 Å². The van der Waals surface area contributed by atoms with Gasteiger partial charge in [0.2, 0.25) is 0 Å². The fourth-order valence-corrected chi connectivity index (χ4v) is 1.14. The number of hydrogen-bond acceptors (Lipinski definition) is 2. The zero-order chi connectivity index (χ0) is 10.4. The first-order valence-corrected chi connectivity index (χ1v) is 4.26. The van der Waals surface area contributed by atoms with E-state index in [-0.39, 0.29) is 12.4 Å². The topological polar surface area (TPSA) is 21.3 Å². The Hall–Kier alpha value is -1.53. The van der Waals surface area contributed by atoms with Crippen LogP contribution in [0, 0.1) is 18.2 Å². The van der Waals surface area contributed by atoms with Gasteiger partial charge in [-0.05, 0) is 24.7 Å². The second kappa shape index (κ2) is 5.25. The maximum Gasteiger partial charge on any atom is 0.148 e. The van der Waals surface area contributed by atoms with Gasteiger partial charge in [0.05, 0.1) is 0 Å². The van der Waals surface area contributed by atoms with Crippen LogP contribution >= 0.6 is 0 Å². The fraction of sp³-hybridized carbons (Fsp3) is 0.273. The van der Waals surface area contributed by atoms with Crippen LogP contribution in [0.4, 0.5) is 4.39 Å². The molecule has 1 aromatic carbocycles. The van der Waals surface area contributed by atoms with Gasteiger partial charge in [-0.25, -0.2) is 4.39 Å². The highest BCUT2D eigenvalue weighted by Crippen LogP contribution is 2.16.